The normalized spacial score (nSPS) is 16.3. The van der Waals surface area contributed by atoms with Crippen LogP contribution in [0.25, 0.3) is 0 Å². The van der Waals surface area contributed by atoms with Gasteiger partial charge in [-0.25, -0.2) is 4.98 Å². The first-order valence-electron chi connectivity index (χ1n) is 9.44. The summed E-state index contributed by atoms with van der Waals surface area (Å²) < 4.78 is 10.3. The summed E-state index contributed by atoms with van der Waals surface area (Å²) in [7, 11) is 1.83. The number of nitrogens with one attached hydrogen (secondary N) is 1. The highest BCUT2D eigenvalue weighted by molar-refractivity contribution is 7.09. The van der Waals surface area contributed by atoms with E-state index < -0.39 is 0 Å². The fraction of sp³-hybridized carbons (Fsp3) is 0.526. The Labute approximate surface area is 165 Å². The fourth-order valence-corrected chi connectivity index (χ4v) is 3.77. The van der Waals surface area contributed by atoms with Gasteiger partial charge in [-0.1, -0.05) is 25.1 Å². The van der Waals surface area contributed by atoms with Crippen molar-refractivity contribution in [1.29, 1.82) is 0 Å². The van der Waals surface area contributed by atoms with Crippen molar-refractivity contribution in [3.8, 4) is 5.75 Å². The zero-order chi connectivity index (χ0) is 19.1. The van der Waals surface area contributed by atoms with E-state index in [0.29, 0.717) is 6.54 Å². The molecule has 1 atom stereocenters. The smallest absolute Gasteiger partial charge is 0.205 e. The molecule has 1 N–H and O–H groups in total. The number of aromatic nitrogens is 2. The molecule has 7 nitrogen and oxygen atoms in total. The Kier molecular flexibility index (Phi) is 6.86. The zero-order valence-corrected chi connectivity index (χ0v) is 17.1. The van der Waals surface area contributed by atoms with Gasteiger partial charge in [0.1, 0.15) is 17.7 Å². The summed E-state index contributed by atoms with van der Waals surface area (Å²) in [5.41, 5.74) is 0. The molecule has 146 valence electrons. The van der Waals surface area contributed by atoms with Crippen LogP contribution in [0.3, 0.4) is 0 Å². The average Bonchev–Trinajstić information content (AvgIpc) is 3.19. The van der Waals surface area contributed by atoms with E-state index in [1.807, 2.05) is 37.4 Å². The van der Waals surface area contributed by atoms with Crippen molar-refractivity contribution >= 4 is 22.6 Å². The highest BCUT2D eigenvalue weighted by Crippen LogP contribution is 2.19. The Bertz CT molecular complexity index is 727. The maximum atomic E-state index is 5.93. The predicted octanol–water partition coefficient (Wildman–Crippen LogP) is 2.27. The second kappa shape index (κ2) is 9.55. The predicted molar refractivity (Wildman–Crippen MR) is 111 cm³/mol. The molecule has 0 bridgehead atoms. The molecule has 27 heavy (non-hydrogen) atoms. The van der Waals surface area contributed by atoms with Gasteiger partial charge < -0.3 is 19.9 Å². The summed E-state index contributed by atoms with van der Waals surface area (Å²) in [6, 6.07) is 9.90. The van der Waals surface area contributed by atoms with Crippen molar-refractivity contribution < 1.29 is 4.74 Å². The summed E-state index contributed by atoms with van der Waals surface area (Å²) in [5.74, 6) is 2.74. The highest BCUT2D eigenvalue weighted by Gasteiger charge is 2.22. The minimum atomic E-state index is 0.0549. The van der Waals surface area contributed by atoms with Gasteiger partial charge in [0.25, 0.3) is 0 Å². The summed E-state index contributed by atoms with van der Waals surface area (Å²) in [6.45, 7) is 8.53. The lowest BCUT2D eigenvalue weighted by molar-refractivity contribution is 0.221. The molecule has 2 aromatic rings. The van der Waals surface area contributed by atoms with Gasteiger partial charge in [-0.05, 0) is 19.1 Å². The van der Waals surface area contributed by atoms with Crippen LogP contribution in [0.4, 0.5) is 5.13 Å². The Balaban J connectivity index is 1.46. The molecular weight excluding hydrogens is 360 g/mol. The van der Waals surface area contributed by atoms with Gasteiger partial charge in [0.05, 0.1) is 6.54 Å². The molecule has 1 saturated heterocycles. The van der Waals surface area contributed by atoms with Gasteiger partial charge in [0.15, 0.2) is 5.96 Å². The Morgan fingerprint density at radius 2 is 2.00 bits per heavy atom. The summed E-state index contributed by atoms with van der Waals surface area (Å²) in [6.07, 6.45) is 0.940. The zero-order valence-electron chi connectivity index (χ0n) is 16.3. The second-order valence-electron chi connectivity index (χ2n) is 6.49. The molecule has 0 amide bonds. The highest BCUT2D eigenvalue weighted by atomic mass is 32.1. The molecule has 0 spiro atoms. The van der Waals surface area contributed by atoms with Crippen molar-refractivity contribution in [1.82, 2.24) is 19.6 Å². The van der Waals surface area contributed by atoms with E-state index in [1.54, 1.807) is 0 Å². The number of nitrogens with zero attached hydrogens (tertiary/aromatic N) is 5. The molecule has 2 heterocycles. The van der Waals surface area contributed by atoms with Crippen LogP contribution < -0.4 is 15.0 Å². The first kappa shape index (κ1) is 19.4. The molecule has 1 aromatic carbocycles. The third kappa shape index (κ3) is 5.32. The lowest BCUT2D eigenvalue weighted by atomic mass is 10.3. The molecule has 0 radical (unpaired) electrons. The van der Waals surface area contributed by atoms with Gasteiger partial charge in [0, 0.05) is 51.2 Å². The number of para-hydroxylation sites is 1. The topological polar surface area (TPSA) is 65.9 Å². The Morgan fingerprint density at radius 3 is 2.63 bits per heavy atom. The van der Waals surface area contributed by atoms with Crippen LogP contribution in [-0.2, 0) is 6.42 Å². The van der Waals surface area contributed by atoms with Crippen molar-refractivity contribution in [3.63, 3.8) is 0 Å². The molecule has 1 aromatic heterocycles. The molecule has 0 saturated carbocycles. The van der Waals surface area contributed by atoms with E-state index in [2.05, 4.69) is 43.3 Å². The summed E-state index contributed by atoms with van der Waals surface area (Å²) in [5, 5.41) is 4.46. The lowest BCUT2D eigenvalue weighted by Gasteiger charge is -2.36. The van der Waals surface area contributed by atoms with Crippen molar-refractivity contribution in [2.75, 3.05) is 44.7 Å². The van der Waals surface area contributed by atoms with Crippen LogP contribution in [0.1, 0.15) is 19.7 Å². The van der Waals surface area contributed by atoms with Gasteiger partial charge in [-0.3, -0.25) is 4.99 Å². The number of guanidine groups is 1. The number of piperazine rings is 1. The first-order valence-corrected chi connectivity index (χ1v) is 10.2. The molecule has 8 heteroatoms. The number of anilines is 1. The molecular formula is C19H28N6OS. The van der Waals surface area contributed by atoms with E-state index in [0.717, 1.165) is 55.3 Å². The maximum absolute atomic E-state index is 5.93. The van der Waals surface area contributed by atoms with Crippen LogP contribution in [0.15, 0.2) is 35.3 Å². The summed E-state index contributed by atoms with van der Waals surface area (Å²) >= 11 is 1.49. The van der Waals surface area contributed by atoms with Gasteiger partial charge in [-0.15, -0.1) is 0 Å². The van der Waals surface area contributed by atoms with Crippen LogP contribution in [-0.4, -0.2) is 66.1 Å². The lowest BCUT2D eigenvalue weighted by Crippen LogP contribution is -2.53. The summed E-state index contributed by atoms with van der Waals surface area (Å²) in [4.78, 5) is 13.6. The second-order valence-corrected chi connectivity index (χ2v) is 7.22. The van der Waals surface area contributed by atoms with Gasteiger partial charge >= 0.3 is 0 Å². The largest absolute Gasteiger partial charge is 0.489 e. The molecule has 1 unspecified atom stereocenters. The van der Waals surface area contributed by atoms with Crippen molar-refractivity contribution in [3.05, 3.63) is 36.2 Å². The SMILES string of the molecule is CCc1nsc(N2CCN(C(=NC)NCC(C)Oc3ccccc3)CC2)n1. The van der Waals surface area contributed by atoms with Crippen LogP contribution in [0.2, 0.25) is 0 Å². The Hall–Kier alpha value is -2.35. The van der Waals surface area contributed by atoms with Crippen LogP contribution in [0.5, 0.6) is 5.75 Å². The van der Waals surface area contributed by atoms with Gasteiger partial charge in [-0.2, -0.15) is 4.37 Å². The van der Waals surface area contributed by atoms with Gasteiger partial charge in [0.2, 0.25) is 5.13 Å². The van der Waals surface area contributed by atoms with E-state index in [-0.39, 0.29) is 6.10 Å². The number of hydrogen-bond donors (Lipinski definition) is 1. The average molecular weight is 389 g/mol. The van der Waals surface area contributed by atoms with E-state index >= 15 is 0 Å². The molecule has 1 aliphatic heterocycles. The quantitative estimate of drug-likeness (QED) is 0.605. The standard InChI is InChI=1S/C19H28N6OS/c1-4-17-22-19(27-23-17)25-12-10-24(11-13-25)18(20-3)21-14-15(2)26-16-8-6-5-7-9-16/h5-9,15H,4,10-14H2,1-3H3,(H,20,21). The number of ether oxygens (including phenoxy) is 1. The molecule has 1 aliphatic rings. The monoisotopic (exact) mass is 388 g/mol. The maximum Gasteiger partial charge on any atom is 0.205 e. The van der Waals surface area contributed by atoms with Crippen LogP contribution in [0, 0.1) is 0 Å². The number of rotatable bonds is 6. The number of aryl methyl sites for hydroxylation is 1. The van der Waals surface area contributed by atoms with Crippen LogP contribution >= 0.6 is 11.5 Å². The third-order valence-electron chi connectivity index (χ3n) is 4.46. The van der Waals surface area contributed by atoms with E-state index in [4.69, 9.17) is 4.74 Å². The minimum Gasteiger partial charge on any atom is -0.489 e. The minimum absolute atomic E-state index is 0.0549. The Morgan fingerprint density at radius 1 is 1.26 bits per heavy atom. The molecule has 3 rings (SSSR count). The third-order valence-corrected chi connectivity index (χ3v) is 5.28. The van der Waals surface area contributed by atoms with Crippen molar-refractivity contribution in [2.45, 2.75) is 26.4 Å². The molecule has 0 aliphatic carbocycles. The number of benzene rings is 1. The van der Waals surface area contributed by atoms with E-state index in [1.165, 1.54) is 11.5 Å². The van der Waals surface area contributed by atoms with E-state index in [9.17, 15) is 0 Å². The number of hydrogen-bond acceptors (Lipinski definition) is 6. The fourth-order valence-electron chi connectivity index (χ4n) is 2.97. The van der Waals surface area contributed by atoms with Crippen molar-refractivity contribution in [2.24, 2.45) is 4.99 Å². The first-order chi connectivity index (χ1) is 13.2. The number of aliphatic imine (C=N–C) groups is 1. The molecule has 1 fully saturated rings.